The van der Waals surface area contributed by atoms with Gasteiger partial charge in [-0.1, -0.05) is 31.9 Å². The fourth-order valence-corrected chi connectivity index (χ4v) is 4.47. The van der Waals surface area contributed by atoms with Gasteiger partial charge in [0.25, 0.3) is 0 Å². The fraction of sp³-hybridized carbons (Fsp3) is 1.00. The second-order valence-electron chi connectivity index (χ2n) is 2.19. The molecule has 1 unspecified atom stereocenters. The first-order valence-corrected chi connectivity index (χ1v) is 6.17. The molecule has 0 spiro atoms. The van der Waals surface area contributed by atoms with Crippen molar-refractivity contribution in [2.75, 3.05) is 5.75 Å². The van der Waals surface area contributed by atoms with Crippen molar-refractivity contribution in [3.63, 3.8) is 0 Å². The van der Waals surface area contributed by atoms with Crippen LogP contribution in [0.3, 0.4) is 0 Å². The Labute approximate surface area is 76.0 Å². The van der Waals surface area contributed by atoms with E-state index in [0.29, 0.717) is 0 Å². The Morgan fingerprint density at radius 2 is 1.90 bits per heavy atom. The molecule has 0 aromatic rings. The summed E-state index contributed by atoms with van der Waals surface area (Å²) in [6.45, 7) is 0. The molecule has 0 radical (unpaired) electrons. The van der Waals surface area contributed by atoms with Crippen molar-refractivity contribution in [3.8, 4) is 0 Å². The summed E-state index contributed by atoms with van der Waals surface area (Å²) in [5.74, 6) is -0.154. The van der Waals surface area contributed by atoms with Crippen molar-refractivity contribution in [1.29, 1.82) is 0 Å². The Balaban J connectivity index is 2.93. The predicted molar refractivity (Wildman–Crippen MR) is 45.2 cm³/mol. The molecule has 0 aromatic carbocycles. The van der Waals surface area contributed by atoms with E-state index in [1.807, 2.05) is 0 Å². The summed E-state index contributed by atoms with van der Waals surface area (Å²) >= 11 is 6.04. The van der Waals surface area contributed by atoms with Crippen LogP contribution < -0.4 is 0 Å². The summed E-state index contributed by atoms with van der Waals surface area (Å²) in [7, 11) is -3.10. The van der Waals surface area contributed by atoms with Gasteiger partial charge in [-0.15, -0.1) is 0 Å². The quantitative estimate of drug-likeness (QED) is 0.652. The van der Waals surface area contributed by atoms with Gasteiger partial charge in [-0.05, 0) is 0 Å². The highest BCUT2D eigenvalue weighted by Gasteiger charge is 2.43. The third kappa shape index (κ3) is 1.39. The zero-order valence-electron chi connectivity index (χ0n) is 4.87. The van der Waals surface area contributed by atoms with Crippen molar-refractivity contribution < 1.29 is 13.5 Å². The molecular weight excluding hydrogens is 288 g/mol. The summed E-state index contributed by atoms with van der Waals surface area (Å²) in [4.78, 5) is -0.377. The molecule has 1 rings (SSSR count). The molecule has 1 aliphatic heterocycles. The molecule has 1 fully saturated rings. The normalized spacial score (nSPS) is 45.7. The lowest BCUT2D eigenvalue weighted by Crippen LogP contribution is -2.19. The predicted octanol–water partition coefficient (Wildman–Crippen LogP) is 0.260. The van der Waals surface area contributed by atoms with Crippen molar-refractivity contribution in [1.82, 2.24) is 0 Å². The van der Waals surface area contributed by atoms with Gasteiger partial charge < -0.3 is 5.11 Å². The maximum atomic E-state index is 10.9. The van der Waals surface area contributed by atoms with E-state index in [1.54, 1.807) is 0 Å². The summed E-state index contributed by atoms with van der Waals surface area (Å²) < 4.78 is 21.2. The highest BCUT2D eigenvalue weighted by molar-refractivity contribution is 9.13. The molecule has 1 aliphatic rings. The molecule has 60 valence electrons. The Morgan fingerprint density at radius 3 is 2.00 bits per heavy atom. The molecular formula is C4H6Br2O3S. The number of sulfone groups is 1. The van der Waals surface area contributed by atoms with Crippen molar-refractivity contribution in [3.05, 3.63) is 0 Å². The van der Waals surface area contributed by atoms with Crippen LogP contribution in [0.5, 0.6) is 0 Å². The maximum Gasteiger partial charge on any atom is 0.166 e. The summed E-state index contributed by atoms with van der Waals surface area (Å²) in [5.41, 5.74) is 0. The van der Waals surface area contributed by atoms with Crippen LogP contribution in [0.4, 0.5) is 0 Å². The topological polar surface area (TPSA) is 54.4 Å². The van der Waals surface area contributed by atoms with Crippen LogP contribution in [0.15, 0.2) is 0 Å². The highest BCUT2D eigenvalue weighted by Crippen LogP contribution is 2.31. The lowest BCUT2D eigenvalue weighted by atomic mass is 10.3. The van der Waals surface area contributed by atoms with Crippen LogP contribution in [0, 0.1) is 0 Å². The van der Waals surface area contributed by atoms with Crippen LogP contribution >= 0.6 is 31.9 Å². The van der Waals surface area contributed by atoms with E-state index < -0.39 is 20.1 Å². The van der Waals surface area contributed by atoms with Gasteiger partial charge in [0.05, 0.1) is 16.7 Å². The minimum absolute atomic E-state index is 0.154. The second-order valence-corrected chi connectivity index (χ2v) is 7.01. The lowest BCUT2D eigenvalue weighted by Gasteiger charge is -2.05. The highest BCUT2D eigenvalue weighted by atomic mass is 79.9. The Kier molecular flexibility index (Phi) is 2.45. The fourth-order valence-electron chi connectivity index (χ4n) is 0.795. The van der Waals surface area contributed by atoms with E-state index in [9.17, 15) is 8.42 Å². The van der Waals surface area contributed by atoms with Crippen molar-refractivity contribution >= 4 is 41.7 Å². The zero-order chi connectivity index (χ0) is 7.94. The van der Waals surface area contributed by atoms with E-state index >= 15 is 0 Å². The largest absolute Gasteiger partial charge is 0.391 e. The summed E-state index contributed by atoms with van der Waals surface area (Å²) in [5, 5.41) is 9.05. The molecule has 6 heteroatoms. The minimum atomic E-state index is -3.10. The van der Waals surface area contributed by atoms with E-state index in [4.69, 9.17) is 5.11 Å². The number of aliphatic hydroxyl groups excluding tert-OH is 1. The number of aliphatic hydroxyl groups is 1. The first-order chi connectivity index (χ1) is 4.45. The second kappa shape index (κ2) is 2.73. The third-order valence-corrected chi connectivity index (χ3v) is 7.63. The number of hydrogen-bond donors (Lipinski definition) is 1. The smallest absolute Gasteiger partial charge is 0.166 e. The van der Waals surface area contributed by atoms with Crippen LogP contribution in [-0.4, -0.2) is 34.4 Å². The third-order valence-electron chi connectivity index (χ3n) is 1.36. The van der Waals surface area contributed by atoms with Gasteiger partial charge in [-0.25, -0.2) is 8.42 Å². The first-order valence-electron chi connectivity index (χ1n) is 2.63. The Morgan fingerprint density at radius 1 is 1.40 bits per heavy atom. The number of halogens is 2. The average Bonchev–Trinajstić information content (AvgIpc) is 1.95. The number of rotatable bonds is 0. The van der Waals surface area contributed by atoms with Gasteiger partial charge in [-0.2, -0.15) is 0 Å². The van der Waals surface area contributed by atoms with Crippen molar-refractivity contribution in [2.24, 2.45) is 0 Å². The van der Waals surface area contributed by atoms with Crippen LogP contribution in [0.1, 0.15) is 0 Å². The first kappa shape index (κ1) is 8.96. The minimum Gasteiger partial charge on any atom is -0.391 e. The van der Waals surface area contributed by atoms with Gasteiger partial charge in [0.1, 0.15) is 4.16 Å². The zero-order valence-corrected chi connectivity index (χ0v) is 8.86. The monoisotopic (exact) mass is 292 g/mol. The molecule has 0 aliphatic carbocycles. The lowest BCUT2D eigenvalue weighted by molar-refractivity contribution is 0.208. The standard InChI is InChI=1S/C4H6Br2O3S/c5-3-2(7)1-10(8,9)4(3)6/h2-4,7H,1H2/t2?,3-,4-/m1/s1. The van der Waals surface area contributed by atoms with Gasteiger partial charge in [0.2, 0.25) is 0 Å². The van der Waals surface area contributed by atoms with E-state index in [1.165, 1.54) is 0 Å². The summed E-state index contributed by atoms with van der Waals surface area (Å²) in [6.07, 6.45) is -0.783. The van der Waals surface area contributed by atoms with Crippen molar-refractivity contribution in [2.45, 2.75) is 15.1 Å². The number of alkyl halides is 2. The molecule has 0 aromatic heterocycles. The van der Waals surface area contributed by atoms with Gasteiger partial charge >= 0.3 is 0 Å². The molecule has 1 saturated heterocycles. The average molecular weight is 294 g/mol. The molecule has 0 saturated carbocycles. The Bertz CT molecular complexity index is 225. The van der Waals surface area contributed by atoms with E-state index in [2.05, 4.69) is 31.9 Å². The number of hydrogen-bond acceptors (Lipinski definition) is 3. The van der Waals surface area contributed by atoms with Gasteiger partial charge in [0, 0.05) is 0 Å². The van der Waals surface area contributed by atoms with Gasteiger partial charge in [0.15, 0.2) is 9.84 Å². The van der Waals surface area contributed by atoms with Crippen LogP contribution in [0.25, 0.3) is 0 Å². The molecule has 3 atom stereocenters. The molecule has 0 bridgehead atoms. The van der Waals surface area contributed by atoms with Gasteiger partial charge in [-0.3, -0.25) is 0 Å². The molecule has 10 heavy (non-hydrogen) atoms. The van der Waals surface area contributed by atoms with Crippen LogP contribution in [0.2, 0.25) is 0 Å². The SMILES string of the molecule is O=S1(=O)CC(O)[C@@H](Br)[C@@H]1Br. The molecule has 0 amide bonds. The summed E-state index contributed by atoms with van der Waals surface area (Å²) in [6, 6.07) is 0. The van der Waals surface area contributed by atoms with E-state index in [0.717, 1.165) is 0 Å². The van der Waals surface area contributed by atoms with Crippen LogP contribution in [-0.2, 0) is 9.84 Å². The Hall–Kier alpha value is 0.870. The van der Waals surface area contributed by atoms with E-state index in [-0.39, 0.29) is 10.6 Å². The molecule has 1 N–H and O–H groups in total. The molecule has 1 heterocycles. The molecule has 3 nitrogen and oxygen atoms in total. The maximum absolute atomic E-state index is 10.9.